The van der Waals surface area contributed by atoms with E-state index in [9.17, 15) is 13.2 Å². The zero-order valence-electron chi connectivity index (χ0n) is 10.7. The topological polar surface area (TPSA) is 85.6 Å². The lowest BCUT2D eigenvalue weighted by molar-refractivity contribution is 0.0563. The number of carbonyl (C=O) groups is 1. The molecule has 0 spiro atoms. The summed E-state index contributed by atoms with van der Waals surface area (Å²) in [5.41, 5.74) is 0.676. The predicted octanol–water partition coefficient (Wildman–Crippen LogP) is 0.733. The minimum Gasteiger partial charge on any atom is -0.463 e. The van der Waals surface area contributed by atoms with E-state index >= 15 is 0 Å². The zero-order chi connectivity index (χ0) is 13.9. The van der Waals surface area contributed by atoms with E-state index in [2.05, 4.69) is 10.1 Å². The van der Waals surface area contributed by atoms with E-state index in [0.717, 1.165) is 6.42 Å². The number of nitrogens with one attached hydrogen (secondary N) is 1. The van der Waals surface area contributed by atoms with Crippen LogP contribution in [0, 0.1) is 0 Å². The average molecular weight is 287 g/mol. The van der Waals surface area contributed by atoms with Gasteiger partial charge in [-0.05, 0) is 18.9 Å². The van der Waals surface area contributed by atoms with E-state index in [1.807, 2.05) is 0 Å². The number of rotatable bonds is 4. The van der Waals surface area contributed by atoms with Gasteiger partial charge in [-0.15, -0.1) is 0 Å². The van der Waals surface area contributed by atoms with Gasteiger partial charge in [0.15, 0.2) is 9.84 Å². The third kappa shape index (κ3) is 3.57. The second-order valence-electron chi connectivity index (χ2n) is 4.60. The smallest absolute Gasteiger partial charge is 0.374 e. The van der Waals surface area contributed by atoms with Gasteiger partial charge in [0.05, 0.1) is 24.9 Å². The molecule has 0 radical (unpaired) electrons. The summed E-state index contributed by atoms with van der Waals surface area (Å²) in [6, 6.07) is 1.61. The van der Waals surface area contributed by atoms with Gasteiger partial charge in [-0.2, -0.15) is 0 Å². The number of hydrogen-bond donors (Lipinski definition) is 1. The number of esters is 1. The molecule has 1 saturated heterocycles. The molecular weight excluding hydrogens is 270 g/mol. The van der Waals surface area contributed by atoms with Crippen molar-refractivity contribution in [2.45, 2.75) is 25.4 Å². The molecule has 106 valence electrons. The Kier molecular flexibility index (Phi) is 4.26. The van der Waals surface area contributed by atoms with Crippen molar-refractivity contribution >= 4 is 15.8 Å². The Morgan fingerprint density at radius 3 is 3.05 bits per heavy atom. The molecule has 2 rings (SSSR count). The van der Waals surface area contributed by atoms with Crippen molar-refractivity contribution in [3.8, 4) is 0 Å². The lowest BCUT2D eigenvalue weighted by Gasteiger charge is -2.22. The van der Waals surface area contributed by atoms with Crippen molar-refractivity contribution in [1.29, 1.82) is 0 Å². The molecule has 1 aromatic rings. The van der Waals surface area contributed by atoms with Crippen LogP contribution in [0.3, 0.4) is 0 Å². The Morgan fingerprint density at radius 2 is 2.37 bits per heavy atom. The van der Waals surface area contributed by atoms with Crippen molar-refractivity contribution < 1.29 is 22.4 Å². The van der Waals surface area contributed by atoms with Crippen LogP contribution in [0.5, 0.6) is 0 Å². The molecule has 19 heavy (non-hydrogen) atoms. The molecule has 0 bridgehead atoms. The molecular formula is C12H17NO5S. The maximum Gasteiger partial charge on any atom is 0.374 e. The first-order chi connectivity index (χ1) is 9.02. The quantitative estimate of drug-likeness (QED) is 0.822. The summed E-state index contributed by atoms with van der Waals surface area (Å²) in [5, 5.41) is 3.15. The van der Waals surface area contributed by atoms with Crippen LogP contribution < -0.4 is 5.32 Å². The maximum absolute atomic E-state index is 11.5. The molecule has 0 aliphatic carbocycles. The number of sulfone groups is 1. The summed E-state index contributed by atoms with van der Waals surface area (Å²) < 4.78 is 32.7. The number of hydrogen-bond acceptors (Lipinski definition) is 6. The highest BCUT2D eigenvalue weighted by Gasteiger charge is 2.25. The molecule has 1 aliphatic rings. The maximum atomic E-state index is 11.5. The fraction of sp³-hybridized carbons (Fsp3) is 0.583. The first-order valence-corrected chi connectivity index (χ1v) is 7.92. The molecule has 2 heterocycles. The zero-order valence-corrected chi connectivity index (χ0v) is 11.5. The summed E-state index contributed by atoms with van der Waals surface area (Å²) in [6.07, 6.45) is 2.92. The fourth-order valence-electron chi connectivity index (χ4n) is 2.18. The van der Waals surface area contributed by atoms with Gasteiger partial charge in [0.25, 0.3) is 0 Å². The Morgan fingerprint density at radius 1 is 1.58 bits per heavy atom. The molecule has 0 amide bonds. The van der Waals surface area contributed by atoms with Gasteiger partial charge >= 0.3 is 5.97 Å². The molecule has 1 fully saturated rings. The number of furan rings is 1. The highest BCUT2D eigenvalue weighted by atomic mass is 32.2. The lowest BCUT2D eigenvalue weighted by atomic mass is 10.1. The first-order valence-electron chi connectivity index (χ1n) is 6.10. The predicted molar refractivity (Wildman–Crippen MR) is 68.6 cm³/mol. The number of carbonyl (C=O) groups excluding carboxylic acids is 1. The van der Waals surface area contributed by atoms with Gasteiger partial charge in [-0.25, -0.2) is 13.2 Å². The highest BCUT2D eigenvalue weighted by Crippen LogP contribution is 2.15. The van der Waals surface area contributed by atoms with Crippen LogP contribution in [0.25, 0.3) is 0 Å². The largest absolute Gasteiger partial charge is 0.463 e. The van der Waals surface area contributed by atoms with Gasteiger partial charge in [0.1, 0.15) is 0 Å². The molecule has 6 nitrogen and oxygen atoms in total. The standard InChI is InChI=1S/C12H17NO5S/c1-17-12(14)11-9(4-5-18-11)7-13-10-3-2-6-19(15,16)8-10/h4-5,10,13H,2-3,6-8H2,1H3. The summed E-state index contributed by atoms with van der Waals surface area (Å²) in [5.74, 6) is 0.0506. The second kappa shape index (κ2) is 5.75. The molecule has 0 aromatic carbocycles. The minimum atomic E-state index is -2.93. The Balaban J connectivity index is 1.96. The van der Waals surface area contributed by atoms with E-state index in [-0.39, 0.29) is 23.3 Å². The van der Waals surface area contributed by atoms with E-state index < -0.39 is 15.8 Å². The minimum absolute atomic E-state index is 0.0702. The molecule has 1 N–H and O–H groups in total. The molecule has 1 aromatic heterocycles. The SMILES string of the molecule is COC(=O)c1occc1CNC1CCCS(=O)(=O)C1. The lowest BCUT2D eigenvalue weighted by Crippen LogP contribution is -2.39. The monoisotopic (exact) mass is 287 g/mol. The van der Waals surface area contributed by atoms with Crippen LogP contribution in [-0.2, 0) is 21.1 Å². The fourth-order valence-corrected chi connectivity index (χ4v) is 3.86. The van der Waals surface area contributed by atoms with Crippen molar-refractivity contribution in [3.05, 3.63) is 23.7 Å². The van der Waals surface area contributed by atoms with E-state index in [0.29, 0.717) is 18.5 Å². The van der Waals surface area contributed by atoms with Gasteiger partial charge in [0.2, 0.25) is 5.76 Å². The van der Waals surface area contributed by atoms with E-state index in [4.69, 9.17) is 4.42 Å². The Bertz CT molecular complexity index is 548. The van der Waals surface area contributed by atoms with Gasteiger partial charge in [0, 0.05) is 18.2 Å². The van der Waals surface area contributed by atoms with Crippen LogP contribution in [0.2, 0.25) is 0 Å². The van der Waals surface area contributed by atoms with E-state index in [1.165, 1.54) is 13.4 Å². The van der Waals surface area contributed by atoms with Crippen molar-refractivity contribution in [2.75, 3.05) is 18.6 Å². The third-order valence-electron chi connectivity index (χ3n) is 3.16. The third-order valence-corrected chi connectivity index (χ3v) is 4.98. The van der Waals surface area contributed by atoms with Gasteiger partial charge < -0.3 is 14.5 Å². The first kappa shape index (κ1) is 14.1. The summed E-state index contributed by atoms with van der Waals surface area (Å²) in [7, 11) is -1.64. The van der Waals surface area contributed by atoms with Crippen LogP contribution in [0.4, 0.5) is 0 Å². The van der Waals surface area contributed by atoms with Crippen molar-refractivity contribution in [1.82, 2.24) is 5.32 Å². The van der Waals surface area contributed by atoms with E-state index in [1.54, 1.807) is 6.07 Å². The van der Waals surface area contributed by atoms with Gasteiger partial charge in [-0.3, -0.25) is 0 Å². The molecule has 1 unspecified atom stereocenters. The molecule has 0 saturated carbocycles. The Hall–Kier alpha value is -1.34. The van der Waals surface area contributed by atoms with Crippen LogP contribution in [0.1, 0.15) is 29.0 Å². The van der Waals surface area contributed by atoms with Crippen LogP contribution in [-0.4, -0.2) is 39.0 Å². The van der Waals surface area contributed by atoms with Crippen LogP contribution in [0.15, 0.2) is 16.7 Å². The second-order valence-corrected chi connectivity index (χ2v) is 6.83. The normalized spacial score (nSPS) is 22.1. The number of ether oxygens (including phenoxy) is 1. The molecule has 1 aliphatic heterocycles. The van der Waals surface area contributed by atoms with Crippen molar-refractivity contribution in [3.63, 3.8) is 0 Å². The molecule has 7 heteroatoms. The average Bonchev–Trinajstić information content (AvgIpc) is 2.82. The van der Waals surface area contributed by atoms with Gasteiger partial charge in [-0.1, -0.05) is 0 Å². The Labute approximate surface area is 112 Å². The summed E-state index contributed by atoms with van der Waals surface area (Å²) >= 11 is 0. The highest BCUT2D eigenvalue weighted by molar-refractivity contribution is 7.91. The summed E-state index contributed by atoms with van der Waals surface area (Å²) in [4.78, 5) is 11.4. The number of methoxy groups -OCH3 is 1. The van der Waals surface area contributed by atoms with Crippen LogP contribution >= 0.6 is 0 Å². The summed E-state index contributed by atoms with van der Waals surface area (Å²) in [6.45, 7) is 0.390. The van der Waals surface area contributed by atoms with Crippen molar-refractivity contribution in [2.24, 2.45) is 0 Å². The molecule has 1 atom stereocenters.